The predicted molar refractivity (Wildman–Crippen MR) is 77.3 cm³/mol. The lowest BCUT2D eigenvalue weighted by molar-refractivity contribution is 0.171. The van der Waals surface area contributed by atoms with E-state index in [-0.39, 0.29) is 5.69 Å². The van der Waals surface area contributed by atoms with Crippen LogP contribution in [0.25, 0.3) is 0 Å². The van der Waals surface area contributed by atoms with Crippen molar-refractivity contribution in [2.45, 2.75) is 12.5 Å². The van der Waals surface area contributed by atoms with Crippen LogP contribution < -0.4 is 10.6 Å². The third-order valence-electron chi connectivity index (χ3n) is 2.70. The molecule has 2 aromatic rings. The predicted octanol–water partition coefficient (Wildman–Crippen LogP) is 3.13. The molecule has 0 aliphatic carbocycles. The Morgan fingerprint density at radius 1 is 1.30 bits per heavy atom. The molecule has 6 heteroatoms. The van der Waals surface area contributed by atoms with Crippen LogP contribution in [0.5, 0.6) is 0 Å². The van der Waals surface area contributed by atoms with Crippen molar-refractivity contribution in [2.75, 3.05) is 11.9 Å². The van der Waals surface area contributed by atoms with Gasteiger partial charge in [0, 0.05) is 11.4 Å². The Kier molecular flexibility index (Phi) is 5.09. The van der Waals surface area contributed by atoms with Crippen LogP contribution in [0.2, 0.25) is 0 Å². The van der Waals surface area contributed by atoms with Crippen molar-refractivity contribution in [3.8, 4) is 0 Å². The first-order chi connectivity index (χ1) is 9.66. The lowest BCUT2D eigenvalue weighted by Gasteiger charge is -2.11. The molecule has 0 aliphatic heterocycles. The number of carbonyl (C=O) groups is 1. The molecule has 106 valence electrons. The molecule has 0 aliphatic rings. The molecule has 1 aromatic heterocycles. The third-order valence-corrected chi connectivity index (χ3v) is 3.67. The Bertz CT molecular complexity index is 560. The second kappa shape index (κ2) is 7.02. The number of carbonyl (C=O) groups excluding carboxylic acids is 1. The van der Waals surface area contributed by atoms with Crippen LogP contribution in [0.3, 0.4) is 0 Å². The number of benzene rings is 1. The maximum atomic E-state index is 13.3. The van der Waals surface area contributed by atoms with Crippen LogP contribution in [0.1, 0.15) is 17.4 Å². The number of halogens is 1. The van der Waals surface area contributed by atoms with Gasteiger partial charge in [0.2, 0.25) is 0 Å². The van der Waals surface area contributed by atoms with E-state index in [1.807, 2.05) is 17.5 Å². The molecular formula is C14H15FN2O2S. The van der Waals surface area contributed by atoms with E-state index >= 15 is 0 Å². The number of hydrogen-bond donors (Lipinski definition) is 3. The fraction of sp³-hybridized carbons (Fsp3) is 0.214. The first-order valence-corrected chi connectivity index (χ1v) is 7.05. The number of nitrogens with one attached hydrogen (secondary N) is 2. The third kappa shape index (κ3) is 4.04. The standard InChI is InChI=1S/C14H15FN2O2S/c15-10-4-1-2-5-11(10)17-14(19)16-8-7-12(18)13-6-3-9-20-13/h1-6,9,12,18H,7-8H2,(H2,16,17,19)/t12-/m1/s1. The smallest absolute Gasteiger partial charge is 0.319 e. The molecule has 4 nitrogen and oxygen atoms in total. The Hall–Kier alpha value is -1.92. The van der Waals surface area contributed by atoms with Crippen LogP contribution in [0.4, 0.5) is 14.9 Å². The molecule has 20 heavy (non-hydrogen) atoms. The summed E-state index contributed by atoms with van der Waals surface area (Å²) in [6.07, 6.45) is -0.186. The van der Waals surface area contributed by atoms with Gasteiger partial charge in [0.15, 0.2) is 0 Å². The quantitative estimate of drug-likeness (QED) is 0.793. The zero-order chi connectivity index (χ0) is 14.4. The molecule has 0 radical (unpaired) electrons. The summed E-state index contributed by atoms with van der Waals surface area (Å²) in [4.78, 5) is 12.4. The fourth-order valence-electron chi connectivity index (χ4n) is 1.67. The van der Waals surface area contributed by atoms with Gasteiger partial charge in [-0.2, -0.15) is 0 Å². The van der Waals surface area contributed by atoms with E-state index in [2.05, 4.69) is 10.6 Å². The number of para-hydroxylation sites is 1. The van der Waals surface area contributed by atoms with Crippen LogP contribution in [0.15, 0.2) is 41.8 Å². The average Bonchev–Trinajstić information content (AvgIpc) is 2.95. The summed E-state index contributed by atoms with van der Waals surface area (Å²) in [6, 6.07) is 9.16. The second-order valence-electron chi connectivity index (χ2n) is 4.18. The minimum absolute atomic E-state index is 0.129. The van der Waals surface area contributed by atoms with Gasteiger partial charge in [-0.25, -0.2) is 9.18 Å². The zero-order valence-electron chi connectivity index (χ0n) is 10.7. The van der Waals surface area contributed by atoms with Gasteiger partial charge in [-0.05, 0) is 30.0 Å². The minimum Gasteiger partial charge on any atom is -0.388 e. The molecule has 0 spiro atoms. The molecule has 1 heterocycles. The summed E-state index contributed by atoms with van der Waals surface area (Å²) in [5.41, 5.74) is 0.129. The number of rotatable bonds is 5. The summed E-state index contributed by atoms with van der Waals surface area (Å²) >= 11 is 1.47. The molecule has 0 bridgehead atoms. The van der Waals surface area contributed by atoms with Crippen LogP contribution >= 0.6 is 11.3 Å². The van der Waals surface area contributed by atoms with Crippen molar-refractivity contribution in [1.82, 2.24) is 5.32 Å². The number of amides is 2. The fourth-order valence-corrected chi connectivity index (χ4v) is 2.42. The summed E-state index contributed by atoms with van der Waals surface area (Å²) in [6.45, 7) is 0.305. The first-order valence-electron chi connectivity index (χ1n) is 6.17. The van der Waals surface area contributed by atoms with Gasteiger partial charge in [0.1, 0.15) is 5.82 Å². The van der Waals surface area contributed by atoms with Gasteiger partial charge >= 0.3 is 6.03 Å². The number of aliphatic hydroxyl groups is 1. The number of aliphatic hydroxyl groups excluding tert-OH is 1. The zero-order valence-corrected chi connectivity index (χ0v) is 11.5. The molecule has 0 unspecified atom stereocenters. The summed E-state index contributed by atoms with van der Waals surface area (Å²) in [5.74, 6) is -0.485. The van der Waals surface area contributed by atoms with Gasteiger partial charge in [0.25, 0.3) is 0 Å². The largest absolute Gasteiger partial charge is 0.388 e. The van der Waals surface area contributed by atoms with E-state index in [1.165, 1.54) is 23.5 Å². The average molecular weight is 294 g/mol. The van der Waals surface area contributed by atoms with Crippen LogP contribution in [-0.4, -0.2) is 17.7 Å². The highest BCUT2D eigenvalue weighted by Crippen LogP contribution is 2.20. The molecule has 3 N–H and O–H groups in total. The van der Waals surface area contributed by atoms with E-state index in [0.717, 1.165) is 4.88 Å². The van der Waals surface area contributed by atoms with Crippen molar-refractivity contribution in [3.63, 3.8) is 0 Å². The van der Waals surface area contributed by atoms with E-state index < -0.39 is 18.0 Å². The molecule has 1 aromatic carbocycles. The van der Waals surface area contributed by atoms with Crippen molar-refractivity contribution >= 4 is 23.1 Å². The molecule has 0 fully saturated rings. The van der Waals surface area contributed by atoms with Crippen molar-refractivity contribution in [1.29, 1.82) is 0 Å². The van der Waals surface area contributed by atoms with Crippen molar-refractivity contribution in [3.05, 3.63) is 52.5 Å². The van der Waals surface area contributed by atoms with Crippen molar-refractivity contribution < 1.29 is 14.3 Å². The molecule has 1 atom stereocenters. The number of anilines is 1. The van der Waals surface area contributed by atoms with E-state index in [0.29, 0.717) is 13.0 Å². The van der Waals surface area contributed by atoms with Crippen molar-refractivity contribution in [2.24, 2.45) is 0 Å². The highest BCUT2D eigenvalue weighted by Gasteiger charge is 2.09. The molecule has 2 amide bonds. The Morgan fingerprint density at radius 3 is 2.80 bits per heavy atom. The SMILES string of the molecule is O=C(NCC[C@@H](O)c1cccs1)Nc1ccccc1F. The number of hydrogen-bond acceptors (Lipinski definition) is 3. The van der Waals surface area contributed by atoms with Gasteiger partial charge < -0.3 is 15.7 Å². The van der Waals surface area contributed by atoms with E-state index in [4.69, 9.17) is 0 Å². The number of urea groups is 1. The first kappa shape index (κ1) is 14.5. The van der Waals surface area contributed by atoms with Gasteiger partial charge in [-0.1, -0.05) is 18.2 Å². The molecule has 2 rings (SSSR count). The minimum atomic E-state index is -0.594. The lowest BCUT2D eigenvalue weighted by Crippen LogP contribution is -2.30. The van der Waals surface area contributed by atoms with E-state index in [9.17, 15) is 14.3 Å². The maximum Gasteiger partial charge on any atom is 0.319 e. The second-order valence-corrected chi connectivity index (χ2v) is 5.16. The Morgan fingerprint density at radius 2 is 2.10 bits per heavy atom. The van der Waals surface area contributed by atoms with Crippen LogP contribution in [0, 0.1) is 5.82 Å². The summed E-state index contributed by atoms with van der Waals surface area (Å²) in [7, 11) is 0. The Labute approximate surface area is 120 Å². The van der Waals surface area contributed by atoms with Gasteiger partial charge in [0.05, 0.1) is 11.8 Å². The lowest BCUT2D eigenvalue weighted by atomic mass is 10.2. The maximum absolute atomic E-state index is 13.3. The summed E-state index contributed by atoms with van der Waals surface area (Å²) < 4.78 is 13.3. The molecule has 0 saturated carbocycles. The Balaban J connectivity index is 1.74. The normalized spacial score (nSPS) is 11.9. The summed E-state index contributed by atoms with van der Waals surface area (Å²) in [5, 5.41) is 16.7. The van der Waals surface area contributed by atoms with Gasteiger partial charge in [-0.15, -0.1) is 11.3 Å². The monoisotopic (exact) mass is 294 g/mol. The molecule has 0 saturated heterocycles. The van der Waals surface area contributed by atoms with Gasteiger partial charge in [-0.3, -0.25) is 0 Å². The van der Waals surface area contributed by atoms with Crippen LogP contribution in [-0.2, 0) is 0 Å². The topological polar surface area (TPSA) is 61.4 Å². The number of thiophene rings is 1. The van der Waals surface area contributed by atoms with E-state index in [1.54, 1.807) is 12.1 Å². The molecular weight excluding hydrogens is 279 g/mol. The highest BCUT2D eigenvalue weighted by atomic mass is 32.1. The highest BCUT2D eigenvalue weighted by molar-refractivity contribution is 7.10.